The maximum absolute atomic E-state index is 5.44. The Labute approximate surface area is 108 Å². The molecule has 0 aliphatic rings. The Bertz CT molecular complexity index is 371. The topological polar surface area (TPSA) is 63.8 Å². The van der Waals surface area contributed by atoms with Gasteiger partial charge < -0.3 is 5.43 Å². The van der Waals surface area contributed by atoms with Crippen molar-refractivity contribution in [3.8, 4) is 0 Å². The van der Waals surface area contributed by atoms with Crippen LogP contribution in [0.15, 0.2) is 6.07 Å². The largest absolute Gasteiger partial charge is 0.308 e. The number of hydrazine groups is 1. The van der Waals surface area contributed by atoms with Crippen LogP contribution in [0.5, 0.6) is 0 Å². The molecule has 17 heavy (non-hydrogen) atoms. The predicted molar refractivity (Wildman–Crippen MR) is 75.0 cm³/mol. The van der Waals surface area contributed by atoms with Gasteiger partial charge in [0.25, 0.3) is 0 Å². The molecule has 0 fully saturated rings. The van der Waals surface area contributed by atoms with Gasteiger partial charge in [-0.2, -0.15) is 11.8 Å². The van der Waals surface area contributed by atoms with E-state index in [1.165, 1.54) is 0 Å². The first kappa shape index (κ1) is 14.3. The number of rotatable bonds is 4. The van der Waals surface area contributed by atoms with E-state index in [-0.39, 0.29) is 5.41 Å². The third kappa shape index (κ3) is 4.52. The number of hydrogen-bond acceptors (Lipinski definition) is 5. The lowest BCUT2D eigenvalue weighted by Gasteiger charge is -2.19. The van der Waals surface area contributed by atoms with Crippen LogP contribution in [0.25, 0.3) is 0 Å². The fourth-order valence-electron chi connectivity index (χ4n) is 1.26. The molecule has 0 saturated carbocycles. The van der Waals surface area contributed by atoms with Crippen molar-refractivity contribution >= 4 is 17.6 Å². The molecule has 0 aromatic carbocycles. The van der Waals surface area contributed by atoms with E-state index in [4.69, 9.17) is 5.84 Å². The van der Waals surface area contributed by atoms with Crippen molar-refractivity contribution in [2.75, 3.05) is 5.43 Å². The molecular weight excluding hydrogens is 232 g/mol. The summed E-state index contributed by atoms with van der Waals surface area (Å²) in [5.41, 5.74) is 3.63. The molecule has 1 rings (SSSR count). The highest BCUT2D eigenvalue weighted by atomic mass is 32.2. The Hall–Kier alpha value is -0.810. The molecule has 0 atom stereocenters. The van der Waals surface area contributed by atoms with Gasteiger partial charge >= 0.3 is 0 Å². The smallest absolute Gasteiger partial charge is 0.143 e. The Morgan fingerprint density at radius 1 is 1.35 bits per heavy atom. The zero-order chi connectivity index (χ0) is 13.1. The second-order valence-electron chi connectivity index (χ2n) is 5.31. The molecule has 0 radical (unpaired) electrons. The van der Waals surface area contributed by atoms with E-state index in [9.17, 15) is 0 Å². The number of thioether (sulfide) groups is 1. The second-order valence-corrected chi connectivity index (χ2v) is 6.87. The first-order valence-electron chi connectivity index (χ1n) is 5.79. The fourth-order valence-corrected chi connectivity index (χ4v) is 1.87. The summed E-state index contributed by atoms with van der Waals surface area (Å²) in [5, 5.41) is 0.575. The van der Waals surface area contributed by atoms with Crippen molar-refractivity contribution < 1.29 is 0 Å². The van der Waals surface area contributed by atoms with Crippen LogP contribution in [-0.4, -0.2) is 15.2 Å². The average molecular weight is 254 g/mol. The Morgan fingerprint density at radius 2 is 2.00 bits per heavy atom. The third-order valence-electron chi connectivity index (χ3n) is 2.23. The first-order valence-corrected chi connectivity index (χ1v) is 6.84. The number of aromatic nitrogens is 2. The second kappa shape index (κ2) is 5.69. The molecule has 1 aromatic heterocycles. The molecule has 1 aromatic rings. The Morgan fingerprint density at radius 3 is 2.47 bits per heavy atom. The number of nitrogen functional groups attached to an aromatic ring is 1. The molecular formula is C12H22N4S. The van der Waals surface area contributed by atoms with Gasteiger partial charge in [-0.15, -0.1) is 0 Å². The van der Waals surface area contributed by atoms with E-state index in [1.54, 1.807) is 0 Å². The molecule has 3 N–H and O–H groups in total. The predicted octanol–water partition coefficient (Wildman–Crippen LogP) is 2.70. The van der Waals surface area contributed by atoms with Gasteiger partial charge in [-0.1, -0.05) is 34.6 Å². The zero-order valence-corrected chi connectivity index (χ0v) is 12.1. The van der Waals surface area contributed by atoms with Crippen LogP contribution in [0.1, 0.15) is 46.1 Å². The average Bonchev–Trinajstić information content (AvgIpc) is 2.24. The SMILES string of the molecule is CC(C)SCc1nc(NN)cc(C(C)(C)C)n1. The van der Waals surface area contributed by atoms with Gasteiger partial charge in [0.05, 0.1) is 11.4 Å². The van der Waals surface area contributed by atoms with Crippen LogP contribution in [0.2, 0.25) is 0 Å². The minimum Gasteiger partial charge on any atom is -0.308 e. The molecule has 4 nitrogen and oxygen atoms in total. The molecule has 96 valence electrons. The Kier molecular flexibility index (Phi) is 4.77. The molecule has 0 saturated heterocycles. The normalized spacial score (nSPS) is 11.9. The first-order chi connectivity index (χ1) is 7.82. The van der Waals surface area contributed by atoms with Gasteiger partial charge in [0.1, 0.15) is 11.6 Å². The lowest BCUT2D eigenvalue weighted by atomic mass is 9.92. The van der Waals surface area contributed by atoms with Crippen molar-refractivity contribution in [3.05, 3.63) is 17.6 Å². The lowest BCUT2D eigenvalue weighted by Crippen LogP contribution is -2.18. The highest BCUT2D eigenvalue weighted by molar-refractivity contribution is 7.99. The molecule has 5 heteroatoms. The van der Waals surface area contributed by atoms with Crippen LogP contribution in [-0.2, 0) is 11.2 Å². The van der Waals surface area contributed by atoms with Crippen molar-refractivity contribution in [3.63, 3.8) is 0 Å². The van der Waals surface area contributed by atoms with Gasteiger partial charge in [0.2, 0.25) is 0 Å². The highest BCUT2D eigenvalue weighted by Crippen LogP contribution is 2.23. The van der Waals surface area contributed by atoms with E-state index in [2.05, 4.69) is 50.0 Å². The summed E-state index contributed by atoms with van der Waals surface area (Å²) in [7, 11) is 0. The lowest BCUT2D eigenvalue weighted by molar-refractivity contribution is 0.564. The molecule has 0 bridgehead atoms. The van der Waals surface area contributed by atoms with E-state index in [0.29, 0.717) is 11.1 Å². The molecule has 0 amide bonds. The van der Waals surface area contributed by atoms with Crippen molar-refractivity contribution in [1.29, 1.82) is 0 Å². The maximum atomic E-state index is 5.44. The number of nitrogens with one attached hydrogen (secondary N) is 1. The minimum absolute atomic E-state index is 0.00574. The van der Waals surface area contributed by atoms with Gasteiger partial charge in [-0.25, -0.2) is 15.8 Å². The maximum Gasteiger partial charge on any atom is 0.143 e. The summed E-state index contributed by atoms with van der Waals surface area (Å²) in [4.78, 5) is 8.97. The van der Waals surface area contributed by atoms with Crippen LogP contribution in [0.3, 0.4) is 0 Å². The number of anilines is 1. The standard InChI is InChI=1S/C12H22N4S/c1-8(2)17-7-11-14-9(12(3,4)5)6-10(15-11)16-13/h6,8H,7,13H2,1-5H3,(H,14,15,16). The van der Waals surface area contributed by atoms with Crippen LogP contribution in [0, 0.1) is 0 Å². The van der Waals surface area contributed by atoms with Crippen molar-refractivity contribution in [1.82, 2.24) is 9.97 Å². The van der Waals surface area contributed by atoms with E-state index in [0.717, 1.165) is 17.3 Å². The van der Waals surface area contributed by atoms with Crippen molar-refractivity contribution in [2.24, 2.45) is 5.84 Å². The number of nitrogens with zero attached hydrogens (tertiary/aromatic N) is 2. The fraction of sp³-hybridized carbons (Fsp3) is 0.667. The van der Waals surface area contributed by atoms with Crippen LogP contribution in [0.4, 0.5) is 5.82 Å². The van der Waals surface area contributed by atoms with Crippen molar-refractivity contribution in [2.45, 2.75) is 51.0 Å². The number of hydrogen-bond donors (Lipinski definition) is 2. The van der Waals surface area contributed by atoms with Gasteiger partial charge in [0, 0.05) is 11.5 Å². The minimum atomic E-state index is 0.00574. The third-order valence-corrected chi connectivity index (χ3v) is 3.33. The van der Waals surface area contributed by atoms with Crippen LogP contribution >= 0.6 is 11.8 Å². The molecule has 0 spiro atoms. The molecule has 0 aliphatic carbocycles. The van der Waals surface area contributed by atoms with E-state index in [1.807, 2.05) is 17.8 Å². The van der Waals surface area contributed by atoms with Gasteiger partial charge in [-0.3, -0.25) is 0 Å². The molecule has 0 aliphatic heterocycles. The summed E-state index contributed by atoms with van der Waals surface area (Å²) in [6.45, 7) is 10.7. The highest BCUT2D eigenvalue weighted by Gasteiger charge is 2.17. The summed E-state index contributed by atoms with van der Waals surface area (Å²) in [6, 6.07) is 1.91. The summed E-state index contributed by atoms with van der Waals surface area (Å²) < 4.78 is 0. The van der Waals surface area contributed by atoms with E-state index < -0.39 is 0 Å². The Balaban J connectivity index is 2.97. The summed E-state index contributed by atoms with van der Waals surface area (Å²) in [5.74, 6) is 7.78. The number of nitrogens with two attached hydrogens (primary N) is 1. The van der Waals surface area contributed by atoms with Crippen LogP contribution < -0.4 is 11.3 Å². The zero-order valence-electron chi connectivity index (χ0n) is 11.2. The quantitative estimate of drug-likeness (QED) is 0.639. The van der Waals surface area contributed by atoms with E-state index >= 15 is 0 Å². The summed E-state index contributed by atoms with van der Waals surface area (Å²) >= 11 is 1.83. The van der Waals surface area contributed by atoms with Gasteiger partial charge in [-0.05, 0) is 5.25 Å². The molecule has 0 unspecified atom stereocenters. The monoisotopic (exact) mass is 254 g/mol. The molecule has 1 heterocycles. The summed E-state index contributed by atoms with van der Waals surface area (Å²) in [6.07, 6.45) is 0. The van der Waals surface area contributed by atoms with Gasteiger partial charge in [0.15, 0.2) is 0 Å².